The van der Waals surface area contributed by atoms with E-state index >= 15 is 0 Å². The number of benzene rings is 1. The van der Waals surface area contributed by atoms with Gasteiger partial charge < -0.3 is 4.90 Å². The van der Waals surface area contributed by atoms with Crippen LogP contribution in [0.5, 0.6) is 0 Å². The van der Waals surface area contributed by atoms with Gasteiger partial charge in [0.2, 0.25) is 0 Å². The third-order valence-corrected chi connectivity index (χ3v) is 3.62. The van der Waals surface area contributed by atoms with Crippen molar-refractivity contribution in [1.29, 1.82) is 0 Å². The molecule has 0 radical (unpaired) electrons. The normalized spacial score (nSPS) is 11.4. The van der Waals surface area contributed by atoms with Gasteiger partial charge in [-0.15, -0.1) is 0 Å². The quantitative estimate of drug-likeness (QED) is 0.822. The SMILES string of the molecule is CCN(CC)CCc1nc2ccccc2c(=O)n1C. The molecule has 0 atom stereocenters. The van der Waals surface area contributed by atoms with Gasteiger partial charge in [-0.25, -0.2) is 4.98 Å². The van der Waals surface area contributed by atoms with Crippen LogP contribution in [0.15, 0.2) is 29.1 Å². The highest BCUT2D eigenvalue weighted by atomic mass is 16.1. The molecule has 0 aliphatic rings. The lowest BCUT2D eigenvalue weighted by atomic mass is 10.2. The molecule has 0 fully saturated rings. The molecule has 1 aromatic carbocycles. The van der Waals surface area contributed by atoms with Crippen molar-refractivity contribution in [2.24, 2.45) is 7.05 Å². The van der Waals surface area contributed by atoms with E-state index in [2.05, 4.69) is 23.7 Å². The molecule has 102 valence electrons. The minimum Gasteiger partial charge on any atom is -0.303 e. The van der Waals surface area contributed by atoms with E-state index in [1.807, 2.05) is 24.3 Å². The second-order valence-corrected chi connectivity index (χ2v) is 4.69. The standard InChI is InChI=1S/C15H21N3O/c1-4-18(5-2)11-10-14-16-13-9-7-6-8-12(13)15(19)17(14)3/h6-9H,4-5,10-11H2,1-3H3. The van der Waals surface area contributed by atoms with E-state index in [0.717, 1.165) is 37.4 Å². The molecule has 0 aliphatic carbocycles. The fourth-order valence-electron chi connectivity index (χ4n) is 2.29. The van der Waals surface area contributed by atoms with E-state index in [1.54, 1.807) is 11.6 Å². The molecule has 0 amide bonds. The number of rotatable bonds is 5. The van der Waals surface area contributed by atoms with Gasteiger partial charge in [-0.1, -0.05) is 26.0 Å². The number of likely N-dealkylation sites (N-methyl/N-ethyl adjacent to an activating group) is 1. The Morgan fingerprint density at radius 1 is 1.21 bits per heavy atom. The van der Waals surface area contributed by atoms with Gasteiger partial charge in [-0.05, 0) is 25.2 Å². The second-order valence-electron chi connectivity index (χ2n) is 4.69. The van der Waals surface area contributed by atoms with Gasteiger partial charge in [-0.2, -0.15) is 0 Å². The minimum absolute atomic E-state index is 0.0418. The van der Waals surface area contributed by atoms with Crippen LogP contribution in [-0.4, -0.2) is 34.1 Å². The topological polar surface area (TPSA) is 38.1 Å². The summed E-state index contributed by atoms with van der Waals surface area (Å²) in [4.78, 5) is 19.2. The number of nitrogens with zero attached hydrogens (tertiary/aromatic N) is 3. The first-order chi connectivity index (χ1) is 9.17. The number of hydrogen-bond donors (Lipinski definition) is 0. The molecule has 0 unspecified atom stereocenters. The summed E-state index contributed by atoms with van der Waals surface area (Å²) in [6.45, 7) is 7.29. The maximum Gasteiger partial charge on any atom is 0.261 e. The Labute approximate surface area is 113 Å². The van der Waals surface area contributed by atoms with E-state index in [9.17, 15) is 4.79 Å². The van der Waals surface area contributed by atoms with Crippen LogP contribution < -0.4 is 5.56 Å². The summed E-state index contributed by atoms with van der Waals surface area (Å²) < 4.78 is 1.67. The Morgan fingerprint density at radius 3 is 2.58 bits per heavy atom. The molecule has 1 aromatic heterocycles. The van der Waals surface area contributed by atoms with Crippen LogP contribution in [0.4, 0.5) is 0 Å². The maximum absolute atomic E-state index is 12.2. The smallest absolute Gasteiger partial charge is 0.261 e. The summed E-state index contributed by atoms with van der Waals surface area (Å²) in [6, 6.07) is 7.53. The lowest BCUT2D eigenvalue weighted by molar-refractivity contribution is 0.304. The zero-order valence-electron chi connectivity index (χ0n) is 11.9. The van der Waals surface area contributed by atoms with Crippen LogP contribution in [0.2, 0.25) is 0 Å². The number of aromatic nitrogens is 2. The van der Waals surface area contributed by atoms with Crippen molar-refractivity contribution in [2.75, 3.05) is 19.6 Å². The van der Waals surface area contributed by atoms with Gasteiger partial charge in [0.25, 0.3) is 5.56 Å². The lowest BCUT2D eigenvalue weighted by Gasteiger charge is -2.18. The highest BCUT2D eigenvalue weighted by Crippen LogP contribution is 2.07. The van der Waals surface area contributed by atoms with Gasteiger partial charge in [0.15, 0.2) is 0 Å². The molecule has 4 nitrogen and oxygen atoms in total. The average molecular weight is 259 g/mol. The predicted molar refractivity (Wildman–Crippen MR) is 78.5 cm³/mol. The van der Waals surface area contributed by atoms with Crippen LogP contribution in [0.1, 0.15) is 19.7 Å². The maximum atomic E-state index is 12.2. The summed E-state index contributed by atoms with van der Waals surface area (Å²) in [5.74, 6) is 0.857. The monoisotopic (exact) mass is 259 g/mol. The number of fused-ring (bicyclic) bond motifs is 1. The first kappa shape index (κ1) is 13.7. The van der Waals surface area contributed by atoms with Crippen molar-refractivity contribution in [3.8, 4) is 0 Å². The molecule has 1 heterocycles. The highest BCUT2D eigenvalue weighted by molar-refractivity contribution is 5.77. The van der Waals surface area contributed by atoms with E-state index in [-0.39, 0.29) is 5.56 Å². The molecule has 0 spiro atoms. The van der Waals surface area contributed by atoms with Crippen LogP contribution in [-0.2, 0) is 13.5 Å². The Kier molecular flexibility index (Phi) is 4.32. The molecule has 0 saturated heterocycles. The molecule has 19 heavy (non-hydrogen) atoms. The van der Waals surface area contributed by atoms with Crippen LogP contribution in [0.25, 0.3) is 10.9 Å². The number of hydrogen-bond acceptors (Lipinski definition) is 3. The van der Waals surface area contributed by atoms with Gasteiger partial charge in [-0.3, -0.25) is 9.36 Å². The lowest BCUT2D eigenvalue weighted by Crippen LogP contribution is -2.29. The second kappa shape index (κ2) is 5.97. The van der Waals surface area contributed by atoms with Gasteiger partial charge in [0, 0.05) is 20.0 Å². The zero-order valence-corrected chi connectivity index (χ0v) is 11.9. The Bertz CT molecular complexity index is 614. The van der Waals surface area contributed by atoms with Crippen molar-refractivity contribution in [3.05, 3.63) is 40.4 Å². The summed E-state index contributed by atoms with van der Waals surface area (Å²) in [6.07, 6.45) is 0.804. The number of para-hydroxylation sites is 1. The molecular weight excluding hydrogens is 238 g/mol. The highest BCUT2D eigenvalue weighted by Gasteiger charge is 2.08. The molecule has 0 aliphatic heterocycles. The zero-order chi connectivity index (χ0) is 13.8. The first-order valence-corrected chi connectivity index (χ1v) is 6.84. The Morgan fingerprint density at radius 2 is 1.89 bits per heavy atom. The van der Waals surface area contributed by atoms with Crippen molar-refractivity contribution in [1.82, 2.24) is 14.5 Å². The fraction of sp³-hybridized carbons (Fsp3) is 0.467. The van der Waals surface area contributed by atoms with E-state index in [4.69, 9.17) is 0 Å². The van der Waals surface area contributed by atoms with E-state index in [0.29, 0.717) is 5.39 Å². The summed E-state index contributed by atoms with van der Waals surface area (Å²) in [5.41, 5.74) is 0.834. The van der Waals surface area contributed by atoms with E-state index < -0.39 is 0 Å². The molecule has 4 heteroatoms. The van der Waals surface area contributed by atoms with Crippen molar-refractivity contribution in [2.45, 2.75) is 20.3 Å². The van der Waals surface area contributed by atoms with Gasteiger partial charge in [0.05, 0.1) is 10.9 Å². The molecule has 2 rings (SSSR count). The van der Waals surface area contributed by atoms with Crippen molar-refractivity contribution >= 4 is 10.9 Å². The van der Waals surface area contributed by atoms with Crippen molar-refractivity contribution < 1.29 is 0 Å². The molecule has 0 N–H and O–H groups in total. The average Bonchev–Trinajstić information content (AvgIpc) is 2.45. The fourth-order valence-corrected chi connectivity index (χ4v) is 2.29. The third-order valence-electron chi connectivity index (χ3n) is 3.62. The third kappa shape index (κ3) is 2.84. The molecule has 0 bridgehead atoms. The van der Waals surface area contributed by atoms with Gasteiger partial charge >= 0.3 is 0 Å². The molecule has 0 saturated carbocycles. The first-order valence-electron chi connectivity index (χ1n) is 6.84. The predicted octanol–water partition coefficient (Wildman–Crippen LogP) is 1.82. The summed E-state index contributed by atoms with van der Waals surface area (Å²) >= 11 is 0. The van der Waals surface area contributed by atoms with Crippen LogP contribution in [0.3, 0.4) is 0 Å². The van der Waals surface area contributed by atoms with Crippen molar-refractivity contribution in [3.63, 3.8) is 0 Å². The van der Waals surface area contributed by atoms with Gasteiger partial charge in [0.1, 0.15) is 5.82 Å². The Balaban J connectivity index is 2.33. The summed E-state index contributed by atoms with van der Waals surface area (Å²) in [5, 5.41) is 0.691. The van der Waals surface area contributed by atoms with E-state index in [1.165, 1.54) is 0 Å². The largest absolute Gasteiger partial charge is 0.303 e. The van der Waals surface area contributed by atoms with Crippen LogP contribution >= 0.6 is 0 Å². The Hall–Kier alpha value is -1.68. The van der Waals surface area contributed by atoms with Crippen LogP contribution in [0, 0.1) is 0 Å². The molecule has 2 aromatic rings. The minimum atomic E-state index is 0.0418. The summed E-state index contributed by atoms with van der Waals surface area (Å²) in [7, 11) is 1.80. The molecular formula is C15H21N3O.